The maximum atomic E-state index is 11.5. The molecule has 0 saturated carbocycles. The number of carbonyl (C=O) groups excluding carboxylic acids is 1. The fourth-order valence-electron chi connectivity index (χ4n) is 2.30. The second-order valence-electron chi connectivity index (χ2n) is 5.42. The summed E-state index contributed by atoms with van der Waals surface area (Å²) in [4.78, 5) is 19.9. The van der Waals surface area contributed by atoms with Gasteiger partial charge in [0.25, 0.3) is 0 Å². The van der Waals surface area contributed by atoms with Crippen LogP contribution in [0.1, 0.15) is 15.9 Å². The lowest BCUT2D eigenvalue weighted by molar-refractivity contribution is 0.0601. The van der Waals surface area contributed by atoms with E-state index in [9.17, 15) is 4.79 Å². The molecule has 0 aliphatic rings. The Morgan fingerprint density at radius 3 is 2.32 bits per heavy atom. The van der Waals surface area contributed by atoms with Crippen molar-refractivity contribution in [2.24, 2.45) is 0 Å². The van der Waals surface area contributed by atoms with Gasteiger partial charge in [-0.3, -0.25) is 0 Å². The first kappa shape index (κ1) is 16.4. The zero-order chi connectivity index (χ0) is 17.6. The van der Waals surface area contributed by atoms with Crippen LogP contribution in [0.3, 0.4) is 0 Å². The Morgan fingerprint density at radius 2 is 1.64 bits per heavy atom. The number of aromatic nitrogens is 2. The molecule has 25 heavy (non-hydrogen) atoms. The van der Waals surface area contributed by atoms with Gasteiger partial charge in [0.2, 0.25) is 0 Å². The molecule has 0 saturated heterocycles. The highest BCUT2D eigenvalue weighted by Gasteiger charge is 2.05. The highest BCUT2D eigenvalue weighted by molar-refractivity contribution is 5.89. The van der Waals surface area contributed by atoms with Gasteiger partial charge >= 0.3 is 5.97 Å². The number of esters is 1. The van der Waals surface area contributed by atoms with Crippen molar-refractivity contribution in [3.63, 3.8) is 0 Å². The Morgan fingerprint density at radius 1 is 0.960 bits per heavy atom. The Hall–Kier alpha value is -3.41. The standard InChI is InChI=1S/C19H18N4O2/c1-13-5-3-4-6-16(13)23-18-11-17(20-12-21-18)22-15-9-7-14(8-10-15)19(24)25-2/h3-12H,1-2H3,(H2,20,21,22,23). The number of para-hydroxylation sites is 1. The number of hydrogen-bond donors (Lipinski definition) is 2. The Labute approximate surface area is 145 Å². The van der Waals surface area contributed by atoms with Crippen LogP contribution >= 0.6 is 0 Å². The van der Waals surface area contributed by atoms with E-state index in [0.29, 0.717) is 17.2 Å². The molecule has 3 rings (SSSR count). The number of ether oxygens (including phenoxy) is 1. The first-order chi connectivity index (χ1) is 12.2. The lowest BCUT2D eigenvalue weighted by Crippen LogP contribution is -2.02. The Bertz CT molecular complexity index is 879. The number of nitrogens with one attached hydrogen (secondary N) is 2. The molecule has 0 radical (unpaired) electrons. The SMILES string of the molecule is COC(=O)c1ccc(Nc2cc(Nc3ccccc3C)ncn2)cc1. The molecular weight excluding hydrogens is 316 g/mol. The number of aryl methyl sites for hydroxylation is 1. The zero-order valence-corrected chi connectivity index (χ0v) is 14.0. The maximum Gasteiger partial charge on any atom is 0.337 e. The van der Waals surface area contributed by atoms with E-state index in [-0.39, 0.29) is 5.97 Å². The maximum absolute atomic E-state index is 11.5. The summed E-state index contributed by atoms with van der Waals surface area (Å²) < 4.78 is 4.69. The molecule has 3 aromatic rings. The topological polar surface area (TPSA) is 76.1 Å². The minimum Gasteiger partial charge on any atom is -0.465 e. The van der Waals surface area contributed by atoms with Crippen LogP contribution in [0.25, 0.3) is 0 Å². The summed E-state index contributed by atoms with van der Waals surface area (Å²) in [7, 11) is 1.36. The van der Waals surface area contributed by atoms with E-state index in [2.05, 4.69) is 25.3 Å². The summed E-state index contributed by atoms with van der Waals surface area (Å²) in [6.45, 7) is 2.03. The predicted molar refractivity (Wildman–Crippen MR) is 97.6 cm³/mol. The molecule has 6 nitrogen and oxygen atoms in total. The second-order valence-corrected chi connectivity index (χ2v) is 5.42. The highest BCUT2D eigenvalue weighted by atomic mass is 16.5. The van der Waals surface area contributed by atoms with Crippen molar-refractivity contribution >= 4 is 29.0 Å². The van der Waals surface area contributed by atoms with Gasteiger partial charge in [0, 0.05) is 17.4 Å². The number of nitrogens with zero attached hydrogens (tertiary/aromatic N) is 2. The molecule has 2 N–H and O–H groups in total. The molecule has 0 spiro atoms. The minimum atomic E-state index is -0.363. The van der Waals surface area contributed by atoms with Gasteiger partial charge < -0.3 is 15.4 Å². The summed E-state index contributed by atoms with van der Waals surface area (Å²) in [6, 6.07) is 16.8. The van der Waals surface area contributed by atoms with Crippen molar-refractivity contribution in [1.82, 2.24) is 9.97 Å². The monoisotopic (exact) mass is 334 g/mol. The predicted octanol–water partition coefficient (Wildman–Crippen LogP) is 4.06. The molecule has 1 heterocycles. The van der Waals surface area contributed by atoms with E-state index in [1.165, 1.54) is 13.4 Å². The zero-order valence-electron chi connectivity index (χ0n) is 14.0. The summed E-state index contributed by atoms with van der Waals surface area (Å²) >= 11 is 0. The number of carbonyl (C=O) groups is 1. The van der Waals surface area contributed by atoms with Gasteiger partial charge in [-0.05, 0) is 42.8 Å². The lowest BCUT2D eigenvalue weighted by atomic mass is 10.2. The van der Waals surface area contributed by atoms with Gasteiger partial charge in [-0.15, -0.1) is 0 Å². The summed E-state index contributed by atoms with van der Waals surface area (Å²) in [5, 5.41) is 6.46. The van der Waals surface area contributed by atoms with Crippen molar-refractivity contribution in [3.05, 3.63) is 72.1 Å². The van der Waals surface area contributed by atoms with Gasteiger partial charge in [-0.2, -0.15) is 0 Å². The fraction of sp³-hybridized carbons (Fsp3) is 0.105. The molecule has 0 fully saturated rings. The molecule has 0 unspecified atom stereocenters. The summed E-state index contributed by atoms with van der Waals surface area (Å²) in [5.41, 5.74) is 3.44. The Balaban J connectivity index is 1.73. The second kappa shape index (κ2) is 7.44. The molecular formula is C19H18N4O2. The molecule has 2 aromatic carbocycles. The molecule has 1 aromatic heterocycles. The van der Waals surface area contributed by atoms with Crippen LogP contribution in [0, 0.1) is 6.92 Å². The number of methoxy groups -OCH3 is 1. The summed E-state index contributed by atoms with van der Waals surface area (Å²) in [5.74, 6) is 0.980. The molecule has 0 aliphatic heterocycles. The van der Waals surface area contributed by atoms with E-state index in [0.717, 1.165) is 16.9 Å². The molecule has 0 atom stereocenters. The van der Waals surface area contributed by atoms with Gasteiger partial charge in [-0.1, -0.05) is 18.2 Å². The van der Waals surface area contributed by atoms with E-state index in [1.54, 1.807) is 24.3 Å². The molecule has 0 bridgehead atoms. The van der Waals surface area contributed by atoms with Gasteiger partial charge in [0.15, 0.2) is 0 Å². The van der Waals surface area contributed by atoms with Crippen molar-refractivity contribution in [1.29, 1.82) is 0 Å². The van der Waals surface area contributed by atoms with E-state index >= 15 is 0 Å². The minimum absolute atomic E-state index is 0.363. The molecule has 0 aliphatic carbocycles. The van der Waals surface area contributed by atoms with Crippen LogP contribution in [0.5, 0.6) is 0 Å². The van der Waals surface area contributed by atoms with E-state index < -0.39 is 0 Å². The number of benzene rings is 2. The third-order valence-electron chi connectivity index (χ3n) is 3.65. The Kier molecular flexibility index (Phi) is 4.89. The quantitative estimate of drug-likeness (QED) is 0.685. The summed E-state index contributed by atoms with van der Waals surface area (Å²) in [6.07, 6.45) is 1.49. The van der Waals surface area contributed by atoms with E-state index in [4.69, 9.17) is 0 Å². The fourth-order valence-corrected chi connectivity index (χ4v) is 2.30. The third-order valence-corrected chi connectivity index (χ3v) is 3.65. The van der Waals surface area contributed by atoms with Crippen LogP contribution < -0.4 is 10.6 Å². The number of hydrogen-bond acceptors (Lipinski definition) is 6. The largest absolute Gasteiger partial charge is 0.465 e. The van der Waals surface area contributed by atoms with E-state index in [1.807, 2.05) is 37.3 Å². The number of anilines is 4. The average Bonchev–Trinajstić information content (AvgIpc) is 2.64. The highest BCUT2D eigenvalue weighted by Crippen LogP contribution is 2.21. The van der Waals surface area contributed by atoms with Crippen molar-refractivity contribution in [2.75, 3.05) is 17.7 Å². The molecule has 126 valence electrons. The first-order valence-corrected chi connectivity index (χ1v) is 7.76. The van der Waals surface area contributed by atoms with Crippen LogP contribution in [0.4, 0.5) is 23.0 Å². The third kappa shape index (κ3) is 4.11. The average molecular weight is 334 g/mol. The van der Waals surface area contributed by atoms with Gasteiger partial charge in [0.05, 0.1) is 12.7 Å². The van der Waals surface area contributed by atoms with Gasteiger partial charge in [-0.25, -0.2) is 14.8 Å². The van der Waals surface area contributed by atoms with Crippen LogP contribution in [0.2, 0.25) is 0 Å². The normalized spacial score (nSPS) is 10.2. The smallest absolute Gasteiger partial charge is 0.337 e. The van der Waals surface area contributed by atoms with Crippen LogP contribution in [-0.4, -0.2) is 23.0 Å². The number of rotatable bonds is 5. The molecule has 0 amide bonds. The van der Waals surface area contributed by atoms with Crippen molar-refractivity contribution < 1.29 is 9.53 Å². The van der Waals surface area contributed by atoms with Gasteiger partial charge in [0.1, 0.15) is 18.0 Å². The first-order valence-electron chi connectivity index (χ1n) is 7.76. The lowest BCUT2D eigenvalue weighted by Gasteiger charge is -2.10. The van der Waals surface area contributed by atoms with Crippen molar-refractivity contribution in [3.8, 4) is 0 Å². The van der Waals surface area contributed by atoms with Crippen LogP contribution in [-0.2, 0) is 4.74 Å². The van der Waals surface area contributed by atoms with Crippen molar-refractivity contribution in [2.45, 2.75) is 6.92 Å². The van der Waals surface area contributed by atoms with Crippen LogP contribution in [0.15, 0.2) is 60.9 Å². The molecule has 6 heteroatoms.